The van der Waals surface area contributed by atoms with E-state index in [1.54, 1.807) is 6.20 Å². The van der Waals surface area contributed by atoms with Crippen molar-refractivity contribution in [3.63, 3.8) is 0 Å². The fraction of sp³-hybridized carbons (Fsp3) is 0.556. The number of aryl methyl sites for hydroxylation is 1. The fourth-order valence-electron chi connectivity index (χ4n) is 0.996. The lowest BCUT2D eigenvalue weighted by atomic mass is 10.1. The molecule has 0 saturated heterocycles. The summed E-state index contributed by atoms with van der Waals surface area (Å²) >= 11 is 5.90. The Morgan fingerprint density at radius 2 is 2.17 bits per heavy atom. The van der Waals surface area contributed by atoms with Gasteiger partial charge < -0.3 is 0 Å². The highest BCUT2D eigenvalue weighted by molar-refractivity contribution is 6.30. The molecule has 0 aliphatic heterocycles. The first kappa shape index (κ1) is 9.46. The van der Waals surface area contributed by atoms with Crippen LogP contribution in [0.5, 0.6) is 0 Å². The van der Waals surface area contributed by atoms with Crippen LogP contribution in [0.1, 0.15) is 25.2 Å². The second-order valence-electron chi connectivity index (χ2n) is 3.35. The fourth-order valence-corrected chi connectivity index (χ4v) is 1.26. The molecule has 0 N–H and O–H groups in total. The van der Waals surface area contributed by atoms with E-state index in [2.05, 4.69) is 23.8 Å². The van der Waals surface area contributed by atoms with Crippen molar-refractivity contribution in [3.8, 4) is 0 Å². The summed E-state index contributed by atoms with van der Waals surface area (Å²) < 4.78 is 0. The van der Waals surface area contributed by atoms with Crippen LogP contribution in [0.15, 0.2) is 6.20 Å². The molecule has 0 amide bonds. The zero-order valence-electron chi connectivity index (χ0n) is 7.63. The molecule has 0 radical (unpaired) electrons. The molecule has 1 aromatic rings. The van der Waals surface area contributed by atoms with Crippen molar-refractivity contribution in [2.24, 2.45) is 5.92 Å². The molecule has 2 nitrogen and oxygen atoms in total. The maximum Gasteiger partial charge on any atom is 0.150 e. The molecule has 0 aliphatic carbocycles. The summed E-state index contributed by atoms with van der Waals surface area (Å²) in [6.07, 6.45) is 2.65. The molecule has 0 fully saturated rings. The Balaban J connectivity index is 2.86. The van der Waals surface area contributed by atoms with Crippen LogP contribution in [-0.2, 0) is 6.42 Å². The van der Waals surface area contributed by atoms with Gasteiger partial charge in [0.25, 0.3) is 0 Å². The van der Waals surface area contributed by atoms with Crippen LogP contribution in [0.3, 0.4) is 0 Å². The molecule has 0 atom stereocenters. The van der Waals surface area contributed by atoms with E-state index < -0.39 is 0 Å². The standard InChI is InChI=1S/C9H13ClN2/c1-6(2)4-8-9(10)12-7(3)5-11-8/h5-6H,4H2,1-3H3. The van der Waals surface area contributed by atoms with Gasteiger partial charge in [0.05, 0.1) is 11.4 Å². The summed E-state index contributed by atoms with van der Waals surface area (Å²) in [6.45, 7) is 6.16. The first-order chi connectivity index (χ1) is 5.59. The van der Waals surface area contributed by atoms with Gasteiger partial charge in [0.15, 0.2) is 5.15 Å². The number of rotatable bonds is 2. The minimum absolute atomic E-state index is 0.545. The number of hydrogen-bond donors (Lipinski definition) is 0. The van der Waals surface area contributed by atoms with Crippen molar-refractivity contribution in [3.05, 3.63) is 22.7 Å². The monoisotopic (exact) mass is 184 g/mol. The summed E-state index contributed by atoms with van der Waals surface area (Å²) in [6, 6.07) is 0. The highest BCUT2D eigenvalue weighted by atomic mass is 35.5. The Morgan fingerprint density at radius 3 is 2.67 bits per heavy atom. The third-order valence-electron chi connectivity index (χ3n) is 1.52. The second-order valence-corrected chi connectivity index (χ2v) is 3.70. The van der Waals surface area contributed by atoms with Gasteiger partial charge in [0, 0.05) is 6.20 Å². The summed E-state index contributed by atoms with van der Waals surface area (Å²) in [5.41, 5.74) is 1.77. The van der Waals surface area contributed by atoms with E-state index >= 15 is 0 Å². The van der Waals surface area contributed by atoms with Crippen molar-refractivity contribution in [1.29, 1.82) is 0 Å². The smallest absolute Gasteiger partial charge is 0.150 e. The molecule has 12 heavy (non-hydrogen) atoms. The molecule has 3 heteroatoms. The first-order valence-corrected chi connectivity index (χ1v) is 4.45. The van der Waals surface area contributed by atoms with Crippen molar-refractivity contribution >= 4 is 11.6 Å². The normalized spacial score (nSPS) is 10.8. The van der Waals surface area contributed by atoms with E-state index in [0.29, 0.717) is 11.1 Å². The number of halogens is 1. The first-order valence-electron chi connectivity index (χ1n) is 4.07. The summed E-state index contributed by atoms with van der Waals surface area (Å²) in [5, 5.41) is 0.545. The summed E-state index contributed by atoms with van der Waals surface area (Å²) in [7, 11) is 0. The maximum absolute atomic E-state index is 5.90. The van der Waals surface area contributed by atoms with E-state index in [1.807, 2.05) is 6.92 Å². The molecular formula is C9H13ClN2. The molecule has 66 valence electrons. The van der Waals surface area contributed by atoms with E-state index in [4.69, 9.17) is 11.6 Å². The number of aromatic nitrogens is 2. The van der Waals surface area contributed by atoms with Gasteiger partial charge in [0.1, 0.15) is 0 Å². The molecule has 1 rings (SSSR count). The SMILES string of the molecule is Cc1cnc(CC(C)C)c(Cl)n1. The van der Waals surface area contributed by atoms with Gasteiger partial charge in [-0.25, -0.2) is 4.98 Å². The van der Waals surface area contributed by atoms with Crippen molar-refractivity contribution in [1.82, 2.24) is 9.97 Å². The van der Waals surface area contributed by atoms with E-state index in [0.717, 1.165) is 17.8 Å². The summed E-state index contributed by atoms with van der Waals surface area (Å²) in [4.78, 5) is 8.35. The van der Waals surface area contributed by atoms with Crippen LogP contribution in [0.25, 0.3) is 0 Å². The minimum Gasteiger partial charge on any atom is -0.256 e. The van der Waals surface area contributed by atoms with Crippen LogP contribution in [0.2, 0.25) is 5.15 Å². The van der Waals surface area contributed by atoms with Gasteiger partial charge >= 0.3 is 0 Å². The Kier molecular flexibility index (Phi) is 3.04. The molecule has 1 heterocycles. The lowest BCUT2D eigenvalue weighted by Crippen LogP contribution is -2.00. The highest BCUT2D eigenvalue weighted by Gasteiger charge is 2.05. The van der Waals surface area contributed by atoms with Crippen molar-refractivity contribution < 1.29 is 0 Å². The molecule has 0 saturated carbocycles. The quantitative estimate of drug-likeness (QED) is 0.706. The zero-order chi connectivity index (χ0) is 9.14. The molecule has 0 aliphatic rings. The van der Waals surface area contributed by atoms with Gasteiger partial charge in [-0.05, 0) is 19.3 Å². The molecule has 0 bridgehead atoms. The number of nitrogens with zero attached hydrogens (tertiary/aromatic N) is 2. The van der Waals surface area contributed by atoms with E-state index in [1.165, 1.54) is 0 Å². The van der Waals surface area contributed by atoms with Gasteiger partial charge in [-0.3, -0.25) is 4.98 Å². The average molecular weight is 185 g/mol. The third-order valence-corrected chi connectivity index (χ3v) is 1.82. The zero-order valence-corrected chi connectivity index (χ0v) is 8.39. The van der Waals surface area contributed by atoms with Gasteiger partial charge in [-0.1, -0.05) is 25.4 Å². The lowest BCUT2D eigenvalue weighted by Gasteiger charge is -2.05. The second kappa shape index (κ2) is 3.85. The van der Waals surface area contributed by atoms with Crippen LogP contribution < -0.4 is 0 Å². The largest absolute Gasteiger partial charge is 0.256 e. The predicted octanol–water partition coefficient (Wildman–Crippen LogP) is 2.64. The Hall–Kier alpha value is -0.630. The van der Waals surface area contributed by atoms with E-state index in [-0.39, 0.29) is 0 Å². The average Bonchev–Trinajstić information content (AvgIpc) is 1.94. The van der Waals surface area contributed by atoms with Crippen molar-refractivity contribution in [2.75, 3.05) is 0 Å². The van der Waals surface area contributed by atoms with Crippen LogP contribution >= 0.6 is 11.6 Å². The Bertz CT molecular complexity index is 271. The molecule has 0 aromatic carbocycles. The topological polar surface area (TPSA) is 25.8 Å². The van der Waals surface area contributed by atoms with E-state index in [9.17, 15) is 0 Å². The van der Waals surface area contributed by atoms with Crippen LogP contribution in [-0.4, -0.2) is 9.97 Å². The van der Waals surface area contributed by atoms with Gasteiger partial charge in [0.2, 0.25) is 0 Å². The van der Waals surface area contributed by atoms with Gasteiger partial charge in [-0.15, -0.1) is 0 Å². The molecule has 0 unspecified atom stereocenters. The van der Waals surface area contributed by atoms with Crippen molar-refractivity contribution in [2.45, 2.75) is 27.2 Å². The molecule has 1 aromatic heterocycles. The lowest BCUT2D eigenvalue weighted by molar-refractivity contribution is 0.632. The Morgan fingerprint density at radius 1 is 1.50 bits per heavy atom. The van der Waals surface area contributed by atoms with Gasteiger partial charge in [-0.2, -0.15) is 0 Å². The molecular weight excluding hydrogens is 172 g/mol. The predicted molar refractivity (Wildman–Crippen MR) is 50.3 cm³/mol. The Labute approximate surface area is 78.0 Å². The summed E-state index contributed by atoms with van der Waals surface area (Å²) in [5.74, 6) is 0.569. The minimum atomic E-state index is 0.545. The number of hydrogen-bond acceptors (Lipinski definition) is 2. The van der Waals surface area contributed by atoms with Crippen LogP contribution in [0.4, 0.5) is 0 Å². The maximum atomic E-state index is 5.90. The molecule has 0 spiro atoms. The highest BCUT2D eigenvalue weighted by Crippen LogP contribution is 2.14. The third kappa shape index (κ3) is 2.45. The van der Waals surface area contributed by atoms with Crippen LogP contribution in [0, 0.1) is 12.8 Å².